The Morgan fingerprint density at radius 2 is 0.718 bits per heavy atom. The lowest BCUT2D eigenvalue weighted by molar-refractivity contribution is 0.132. The van der Waals surface area contributed by atoms with Gasteiger partial charge in [0.15, 0.2) is 27.9 Å². The van der Waals surface area contributed by atoms with Gasteiger partial charge < -0.3 is 46.6 Å². The Morgan fingerprint density at radius 3 is 1.08 bits per heavy atom. The summed E-state index contributed by atoms with van der Waals surface area (Å²) < 4.78 is 31.9. The molecular weight excluding hydrogens is 1520 g/mol. The van der Waals surface area contributed by atoms with Crippen molar-refractivity contribution >= 4 is 138 Å². The molecule has 6 aliphatic heterocycles. The summed E-state index contributed by atoms with van der Waals surface area (Å²) in [5.74, 6) is 2.97. The first-order chi connectivity index (χ1) is 58.9. The van der Waals surface area contributed by atoms with Crippen LogP contribution in [0.5, 0.6) is 0 Å². The number of fused-ring (bicyclic) bond motifs is 25. The molecule has 18 atom stereocenters. The molecule has 4 aliphatic carbocycles. The Hall–Kier alpha value is -9.84. The number of benzene rings is 10. The van der Waals surface area contributed by atoms with E-state index in [2.05, 4.69) is 371 Å². The number of hydrogen-bond donors (Lipinski definition) is 0. The molecule has 11 heteroatoms. The highest BCUT2D eigenvalue weighted by Gasteiger charge is 2.71. The average molecular weight is 1650 g/mol. The maximum atomic E-state index is 6.44. The van der Waals surface area contributed by atoms with E-state index in [-0.39, 0.29) is 27.6 Å². The molecule has 0 spiro atoms. The Labute approximate surface area is 734 Å². The lowest BCUT2D eigenvalue weighted by Crippen LogP contribution is -2.56. The lowest BCUT2D eigenvalue weighted by Gasteiger charge is -2.51. The van der Waals surface area contributed by atoms with Crippen LogP contribution in [0.15, 0.2) is 204 Å². The SMILES string of the molecule is Cc1ccc2c(oc3ccccc32)c1N1C(C)C2(C)CC1(C)C(C)C2C.Cc1ccc2c(oc3ccccc32)c1N1C(C)C2(C)CC1(C)CC2C.Cc1ccc2c(oc3ccccc32)c1N1C(C)C2(C)CCC1(C)C2(C)C.Cc1ccc2c(oc3ccccc32)c1N1C(C)C2CCC1C2(C)C.Cc1ccc2c(oc3ccccc32)c1N1C(C)N2CCC1(C)C2. The Kier molecular flexibility index (Phi) is 18.1. The van der Waals surface area contributed by atoms with Crippen LogP contribution in [0, 0.1) is 85.4 Å². The van der Waals surface area contributed by atoms with Crippen LogP contribution in [0.25, 0.3) is 110 Å². The summed E-state index contributed by atoms with van der Waals surface area (Å²) in [6.07, 6.45) is 10.7. The van der Waals surface area contributed by atoms with Gasteiger partial charge in [-0.2, -0.15) is 0 Å². The van der Waals surface area contributed by atoms with Gasteiger partial charge >= 0.3 is 0 Å². The largest absolute Gasteiger partial charge is 0.454 e. The zero-order chi connectivity index (χ0) is 86.9. The van der Waals surface area contributed by atoms with Crippen LogP contribution in [-0.4, -0.2) is 76.5 Å². The van der Waals surface area contributed by atoms with E-state index in [0.717, 1.165) is 80.1 Å². The van der Waals surface area contributed by atoms with Crippen molar-refractivity contribution in [2.24, 2.45) is 50.7 Å². The molecule has 11 nitrogen and oxygen atoms in total. The molecule has 0 radical (unpaired) electrons. The Bertz CT molecular complexity index is 6840. The third kappa shape index (κ3) is 10.9. The predicted molar refractivity (Wildman–Crippen MR) is 521 cm³/mol. The van der Waals surface area contributed by atoms with Crippen LogP contribution in [-0.2, 0) is 0 Å². The molecule has 10 aromatic carbocycles. The van der Waals surface area contributed by atoms with E-state index in [1.54, 1.807) is 0 Å². The fourth-order valence-corrected chi connectivity index (χ4v) is 29.2. The third-order valence-electron chi connectivity index (χ3n) is 37.4. The second-order valence-electron chi connectivity index (χ2n) is 43.8. The molecule has 5 aromatic heterocycles. The van der Waals surface area contributed by atoms with E-state index >= 15 is 0 Å². The number of furan rings is 5. The van der Waals surface area contributed by atoms with Crippen LogP contribution in [0.4, 0.5) is 28.4 Å². The molecule has 18 unspecified atom stereocenters. The van der Waals surface area contributed by atoms with Gasteiger partial charge in [0.1, 0.15) is 27.9 Å². The second kappa shape index (κ2) is 27.6. The van der Waals surface area contributed by atoms with Crippen molar-refractivity contribution in [2.45, 2.75) is 276 Å². The summed E-state index contributed by atoms with van der Waals surface area (Å²) in [4.78, 5) is 16.0. The quantitative estimate of drug-likeness (QED) is 0.165. The molecule has 25 rings (SSSR count). The summed E-state index contributed by atoms with van der Waals surface area (Å²) in [5.41, 5.74) is 25.9. The number of aryl methyl sites for hydroxylation is 5. The molecule has 10 aliphatic rings. The van der Waals surface area contributed by atoms with Crippen LogP contribution in [0.1, 0.15) is 211 Å². The zero-order valence-corrected chi connectivity index (χ0v) is 78.4. The molecule has 10 fully saturated rings. The maximum Gasteiger partial charge on any atom is 0.159 e. The van der Waals surface area contributed by atoms with E-state index in [0.29, 0.717) is 64.0 Å². The number of anilines is 5. The Morgan fingerprint density at radius 1 is 0.339 bits per heavy atom. The van der Waals surface area contributed by atoms with Crippen molar-refractivity contribution in [3.63, 3.8) is 0 Å². The summed E-state index contributed by atoms with van der Waals surface area (Å²) >= 11 is 0. The first-order valence-corrected chi connectivity index (χ1v) is 47.2. The van der Waals surface area contributed by atoms with Gasteiger partial charge in [0.2, 0.25) is 0 Å². The molecule has 644 valence electrons. The highest BCUT2D eigenvalue weighted by Crippen LogP contribution is 2.71. The van der Waals surface area contributed by atoms with Gasteiger partial charge in [0.05, 0.1) is 40.1 Å². The predicted octanol–water partition coefficient (Wildman–Crippen LogP) is 30.0. The molecule has 15 aromatic rings. The number of hydrogen-bond acceptors (Lipinski definition) is 11. The van der Waals surface area contributed by atoms with Crippen molar-refractivity contribution in [3.05, 3.63) is 210 Å². The minimum atomic E-state index is 0.152. The molecule has 4 saturated carbocycles. The molecule has 124 heavy (non-hydrogen) atoms. The number of rotatable bonds is 5. The zero-order valence-electron chi connectivity index (χ0n) is 78.4. The van der Waals surface area contributed by atoms with E-state index < -0.39 is 0 Å². The number of piperidine rings is 4. The Balaban J connectivity index is 0.0000000951. The summed E-state index contributed by atoms with van der Waals surface area (Å²) in [7, 11) is 0. The minimum absolute atomic E-state index is 0.152. The van der Waals surface area contributed by atoms with Crippen molar-refractivity contribution in [2.75, 3.05) is 37.6 Å². The van der Waals surface area contributed by atoms with Crippen molar-refractivity contribution < 1.29 is 22.1 Å². The fraction of sp³-hybridized carbons (Fsp3) is 0.469. The first-order valence-electron chi connectivity index (χ1n) is 47.2. The highest BCUT2D eigenvalue weighted by atomic mass is 16.3. The summed E-state index contributed by atoms with van der Waals surface area (Å²) in [6.45, 7) is 60.0. The minimum Gasteiger partial charge on any atom is -0.454 e. The van der Waals surface area contributed by atoms with Gasteiger partial charge in [-0.25, -0.2) is 0 Å². The van der Waals surface area contributed by atoms with Gasteiger partial charge in [-0.05, 0) is 257 Å². The van der Waals surface area contributed by atoms with Crippen molar-refractivity contribution in [1.82, 2.24) is 4.90 Å². The second-order valence-corrected chi connectivity index (χ2v) is 43.8. The van der Waals surface area contributed by atoms with Gasteiger partial charge in [-0.3, -0.25) is 4.90 Å². The molecule has 0 N–H and O–H groups in total. The molecule has 6 saturated heterocycles. The van der Waals surface area contributed by atoms with E-state index in [1.165, 1.54) is 168 Å². The van der Waals surface area contributed by atoms with Crippen molar-refractivity contribution in [1.29, 1.82) is 0 Å². The van der Waals surface area contributed by atoms with Crippen LogP contribution < -0.4 is 24.5 Å². The first kappa shape index (κ1) is 81.2. The molecule has 11 heterocycles. The number of para-hydroxylation sites is 5. The maximum absolute atomic E-state index is 6.44. The summed E-state index contributed by atoms with van der Waals surface area (Å²) in [5, 5.41) is 12.3. The van der Waals surface area contributed by atoms with Gasteiger partial charge in [0.25, 0.3) is 0 Å². The highest BCUT2D eigenvalue weighted by molar-refractivity contribution is 6.14. The average Bonchev–Trinajstić information content (AvgIpc) is 1.50. The summed E-state index contributed by atoms with van der Waals surface area (Å²) in [6, 6.07) is 67.2. The monoisotopic (exact) mass is 1650 g/mol. The normalized spacial score (nSPS) is 32.5. The number of nitrogens with zero attached hydrogens (tertiary/aromatic N) is 6. The van der Waals surface area contributed by atoms with Crippen LogP contribution >= 0.6 is 0 Å². The molecule has 10 bridgehead atoms. The van der Waals surface area contributed by atoms with Gasteiger partial charge in [-0.15, -0.1) is 0 Å². The topological polar surface area (TPSA) is 85.1 Å². The van der Waals surface area contributed by atoms with Gasteiger partial charge in [0, 0.05) is 114 Å². The van der Waals surface area contributed by atoms with E-state index in [1.807, 2.05) is 6.07 Å². The third-order valence-corrected chi connectivity index (χ3v) is 37.4. The fourth-order valence-electron chi connectivity index (χ4n) is 29.2. The van der Waals surface area contributed by atoms with Crippen LogP contribution in [0.3, 0.4) is 0 Å². The standard InChI is InChI=1S/2C24H29NO.C23H27NO.C22H25NO.C20H22N2O/c1-15-11-12-18-17-9-7-8-10-19(17)26-21(18)20(15)25-16(2)23(5)13-14-24(25,6)22(23,3)4;1-14-11-12-19-18-9-7-8-10-20(18)26-22(19)21(14)25-17(4)23(5)13-24(25,6)16(3)15(23)2;1-14-10-11-18-17-8-6-7-9-19(17)25-21(18)20(14)24-16(3)23(5)13-22(24,4)12-15(23)2;1-13-9-10-16-15-7-5-6-8-18(15)24-21(16)20(13)23-14(2)17-11-12-19(23)22(17,3)4;1-13-8-9-16-15-6-4-5-7-17(15)23-19(16)18(13)22-14(2)21-11-10-20(22,3)12-21/h7-12,16H,13-14H2,1-6H3;7-12,15-17H,13H2,1-6H3;6-11,15-16H,12-13H2,1-5H3;5-10,14,17,19H,11-12H2,1-4H3;4-9,14H,10-12H2,1-3H3. The van der Waals surface area contributed by atoms with E-state index in [9.17, 15) is 0 Å². The van der Waals surface area contributed by atoms with Gasteiger partial charge in [-0.1, -0.05) is 221 Å². The molecule has 0 amide bonds. The van der Waals surface area contributed by atoms with Crippen molar-refractivity contribution in [3.8, 4) is 0 Å². The molecular formula is C113H132N6O5. The lowest BCUT2D eigenvalue weighted by atomic mass is 9.65. The smallest absolute Gasteiger partial charge is 0.159 e. The van der Waals surface area contributed by atoms with Crippen LogP contribution in [0.2, 0.25) is 0 Å². The van der Waals surface area contributed by atoms with E-state index in [4.69, 9.17) is 22.1 Å².